The Morgan fingerprint density at radius 1 is 1.26 bits per heavy atom. The first kappa shape index (κ1) is 12.6. The van der Waals surface area contributed by atoms with Crippen LogP contribution in [0.15, 0.2) is 24.5 Å². The number of nitrogens with zero attached hydrogens (tertiary/aromatic N) is 3. The molecular formula is C15H21N3O. The van der Waals surface area contributed by atoms with Crippen molar-refractivity contribution in [2.45, 2.75) is 31.7 Å². The van der Waals surface area contributed by atoms with Crippen LogP contribution in [0.1, 0.15) is 24.8 Å². The molecule has 2 heterocycles. The van der Waals surface area contributed by atoms with Crippen molar-refractivity contribution >= 4 is 5.91 Å². The third-order valence-electron chi connectivity index (χ3n) is 4.08. The minimum absolute atomic E-state index is 0.291. The van der Waals surface area contributed by atoms with Crippen LogP contribution in [-0.4, -0.2) is 52.9 Å². The normalized spacial score (nSPS) is 20.5. The molecule has 1 aliphatic carbocycles. The first-order valence-corrected chi connectivity index (χ1v) is 7.23. The minimum Gasteiger partial charge on any atom is -0.340 e. The zero-order valence-corrected chi connectivity index (χ0v) is 11.3. The Bertz CT molecular complexity index is 422. The maximum atomic E-state index is 12.2. The molecule has 0 atom stereocenters. The smallest absolute Gasteiger partial charge is 0.222 e. The molecule has 0 radical (unpaired) electrons. The summed E-state index contributed by atoms with van der Waals surface area (Å²) in [5.74, 6) is 0.291. The van der Waals surface area contributed by atoms with Crippen LogP contribution in [0.25, 0.3) is 0 Å². The van der Waals surface area contributed by atoms with Gasteiger partial charge in [0.2, 0.25) is 5.91 Å². The predicted molar refractivity (Wildman–Crippen MR) is 73.7 cm³/mol. The summed E-state index contributed by atoms with van der Waals surface area (Å²) in [5, 5.41) is 0. The summed E-state index contributed by atoms with van der Waals surface area (Å²) in [7, 11) is 0. The second-order valence-electron chi connectivity index (χ2n) is 5.51. The van der Waals surface area contributed by atoms with Crippen molar-refractivity contribution in [2.24, 2.45) is 0 Å². The van der Waals surface area contributed by atoms with Gasteiger partial charge in [0.1, 0.15) is 0 Å². The Balaban J connectivity index is 1.43. The molecule has 1 aliphatic heterocycles. The van der Waals surface area contributed by atoms with Crippen molar-refractivity contribution < 1.29 is 4.79 Å². The van der Waals surface area contributed by atoms with Gasteiger partial charge in [0.15, 0.2) is 0 Å². The second kappa shape index (κ2) is 5.70. The molecule has 0 aromatic carbocycles. The topological polar surface area (TPSA) is 36.4 Å². The van der Waals surface area contributed by atoms with Crippen LogP contribution in [0, 0.1) is 0 Å². The van der Waals surface area contributed by atoms with Crippen molar-refractivity contribution in [2.75, 3.05) is 26.2 Å². The first-order chi connectivity index (χ1) is 9.33. The van der Waals surface area contributed by atoms with E-state index in [0.29, 0.717) is 12.3 Å². The number of piperazine rings is 1. The Hall–Kier alpha value is -1.42. The summed E-state index contributed by atoms with van der Waals surface area (Å²) < 4.78 is 0. The molecule has 1 amide bonds. The third kappa shape index (κ3) is 3.32. The minimum atomic E-state index is 0.291. The monoisotopic (exact) mass is 259 g/mol. The van der Waals surface area contributed by atoms with Gasteiger partial charge in [0.25, 0.3) is 0 Å². The molecule has 0 bridgehead atoms. The fraction of sp³-hybridized carbons (Fsp3) is 0.600. The lowest BCUT2D eigenvalue weighted by Crippen LogP contribution is -2.49. The number of carbonyl (C=O) groups is 1. The molecular weight excluding hydrogens is 238 g/mol. The van der Waals surface area contributed by atoms with E-state index in [0.717, 1.165) is 44.2 Å². The maximum absolute atomic E-state index is 12.2. The molecule has 2 fully saturated rings. The zero-order chi connectivity index (χ0) is 13.1. The molecule has 2 aliphatic rings. The van der Waals surface area contributed by atoms with E-state index in [9.17, 15) is 4.79 Å². The highest BCUT2D eigenvalue weighted by Crippen LogP contribution is 2.27. The molecule has 1 saturated heterocycles. The predicted octanol–water partition coefficient (Wildman–Crippen LogP) is 1.32. The van der Waals surface area contributed by atoms with Gasteiger partial charge >= 0.3 is 0 Å². The number of hydrogen-bond donors (Lipinski definition) is 0. The van der Waals surface area contributed by atoms with Gasteiger partial charge in [-0.15, -0.1) is 0 Å². The van der Waals surface area contributed by atoms with Crippen LogP contribution in [0.5, 0.6) is 0 Å². The van der Waals surface area contributed by atoms with Crippen molar-refractivity contribution in [1.82, 2.24) is 14.8 Å². The molecule has 4 nitrogen and oxygen atoms in total. The zero-order valence-electron chi connectivity index (χ0n) is 11.3. The number of carbonyl (C=O) groups excluding carboxylic acids is 1. The van der Waals surface area contributed by atoms with E-state index in [1.165, 1.54) is 12.8 Å². The maximum Gasteiger partial charge on any atom is 0.222 e. The fourth-order valence-electron chi connectivity index (χ4n) is 2.73. The van der Waals surface area contributed by atoms with Gasteiger partial charge in [0.05, 0.1) is 0 Å². The van der Waals surface area contributed by atoms with Crippen LogP contribution in [0.2, 0.25) is 0 Å². The van der Waals surface area contributed by atoms with Crippen LogP contribution >= 0.6 is 0 Å². The fourth-order valence-corrected chi connectivity index (χ4v) is 2.73. The van der Waals surface area contributed by atoms with Crippen LogP contribution in [0.3, 0.4) is 0 Å². The number of aromatic nitrogens is 1. The first-order valence-electron chi connectivity index (χ1n) is 7.23. The molecule has 4 heteroatoms. The summed E-state index contributed by atoms with van der Waals surface area (Å²) in [6.45, 7) is 3.93. The molecule has 102 valence electrons. The van der Waals surface area contributed by atoms with E-state index in [-0.39, 0.29) is 0 Å². The lowest BCUT2D eigenvalue weighted by molar-refractivity contribution is -0.133. The molecule has 3 rings (SSSR count). The van der Waals surface area contributed by atoms with E-state index in [2.05, 4.69) is 9.88 Å². The Morgan fingerprint density at radius 2 is 2.05 bits per heavy atom. The quantitative estimate of drug-likeness (QED) is 0.818. The molecule has 0 N–H and O–H groups in total. The number of pyridine rings is 1. The second-order valence-corrected chi connectivity index (χ2v) is 5.51. The summed E-state index contributed by atoms with van der Waals surface area (Å²) in [6.07, 6.45) is 7.73. The standard InChI is InChI=1S/C15H21N3O/c19-15(6-3-13-2-1-7-16-12-13)18-10-8-17(9-11-18)14-4-5-14/h1-2,7,12,14H,3-6,8-11H2. The van der Waals surface area contributed by atoms with Gasteiger partial charge < -0.3 is 4.90 Å². The average Bonchev–Trinajstić information content (AvgIpc) is 3.31. The molecule has 0 unspecified atom stereocenters. The van der Waals surface area contributed by atoms with Crippen LogP contribution in [-0.2, 0) is 11.2 Å². The molecule has 1 aromatic heterocycles. The van der Waals surface area contributed by atoms with Crippen molar-refractivity contribution in [3.05, 3.63) is 30.1 Å². The van der Waals surface area contributed by atoms with Gasteiger partial charge in [-0.3, -0.25) is 14.7 Å². The Morgan fingerprint density at radius 3 is 2.68 bits per heavy atom. The van der Waals surface area contributed by atoms with Crippen molar-refractivity contribution in [3.63, 3.8) is 0 Å². The van der Waals surface area contributed by atoms with Crippen LogP contribution < -0.4 is 0 Å². The van der Waals surface area contributed by atoms with Crippen molar-refractivity contribution in [1.29, 1.82) is 0 Å². The SMILES string of the molecule is O=C(CCc1cccnc1)N1CCN(C2CC2)CC1. The van der Waals surface area contributed by atoms with Gasteiger partial charge in [-0.25, -0.2) is 0 Å². The lowest BCUT2D eigenvalue weighted by Gasteiger charge is -2.34. The van der Waals surface area contributed by atoms with E-state index in [1.54, 1.807) is 6.20 Å². The third-order valence-corrected chi connectivity index (χ3v) is 4.08. The van der Waals surface area contributed by atoms with Gasteiger partial charge in [0, 0.05) is 51.0 Å². The lowest BCUT2D eigenvalue weighted by atomic mass is 10.1. The summed E-state index contributed by atoms with van der Waals surface area (Å²) >= 11 is 0. The summed E-state index contributed by atoms with van der Waals surface area (Å²) in [6, 6.07) is 4.78. The average molecular weight is 259 g/mol. The molecule has 0 spiro atoms. The van der Waals surface area contributed by atoms with Gasteiger partial charge in [-0.1, -0.05) is 6.07 Å². The van der Waals surface area contributed by atoms with E-state index >= 15 is 0 Å². The molecule has 1 aromatic rings. The highest BCUT2D eigenvalue weighted by atomic mass is 16.2. The summed E-state index contributed by atoms with van der Waals surface area (Å²) in [4.78, 5) is 20.8. The van der Waals surface area contributed by atoms with E-state index in [4.69, 9.17) is 0 Å². The highest BCUT2D eigenvalue weighted by Gasteiger charge is 2.31. The largest absolute Gasteiger partial charge is 0.340 e. The molecule has 1 saturated carbocycles. The van der Waals surface area contributed by atoms with Crippen molar-refractivity contribution in [3.8, 4) is 0 Å². The number of rotatable bonds is 4. The van der Waals surface area contributed by atoms with E-state index < -0.39 is 0 Å². The van der Waals surface area contributed by atoms with Gasteiger partial charge in [-0.2, -0.15) is 0 Å². The summed E-state index contributed by atoms with van der Waals surface area (Å²) in [5.41, 5.74) is 1.15. The van der Waals surface area contributed by atoms with Gasteiger partial charge in [-0.05, 0) is 30.9 Å². The number of amides is 1. The van der Waals surface area contributed by atoms with Crippen LogP contribution in [0.4, 0.5) is 0 Å². The van der Waals surface area contributed by atoms with E-state index in [1.807, 2.05) is 23.2 Å². The highest BCUT2D eigenvalue weighted by molar-refractivity contribution is 5.76. The Labute approximate surface area is 114 Å². The molecule has 19 heavy (non-hydrogen) atoms. The number of aryl methyl sites for hydroxylation is 1. The Kier molecular flexibility index (Phi) is 3.78. The number of hydrogen-bond acceptors (Lipinski definition) is 3.